The Balaban J connectivity index is 1.56. The molecular formula is C17H15Cl2N3O2S. The van der Waals surface area contributed by atoms with Crippen LogP contribution in [0, 0.1) is 0 Å². The largest absolute Gasteiger partial charge is 0.443 e. The molecule has 0 unspecified atom stereocenters. The van der Waals surface area contributed by atoms with Gasteiger partial charge in [-0.15, -0.1) is 11.3 Å². The van der Waals surface area contributed by atoms with Crippen molar-refractivity contribution in [3.63, 3.8) is 0 Å². The quantitative estimate of drug-likeness (QED) is 0.657. The van der Waals surface area contributed by atoms with Crippen molar-refractivity contribution in [1.29, 1.82) is 0 Å². The molecule has 3 aromatic rings. The third kappa shape index (κ3) is 4.34. The number of aromatic nitrogens is 1. The Morgan fingerprint density at radius 3 is 2.92 bits per heavy atom. The van der Waals surface area contributed by atoms with Crippen molar-refractivity contribution in [1.82, 2.24) is 15.2 Å². The predicted molar refractivity (Wildman–Crippen MR) is 100.0 cm³/mol. The molecule has 0 spiro atoms. The van der Waals surface area contributed by atoms with Crippen LogP contribution in [0.3, 0.4) is 0 Å². The Bertz CT molecular complexity index is 865. The van der Waals surface area contributed by atoms with E-state index in [1.54, 1.807) is 36.8 Å². The van der Waals surface area contributed by atoms with E-state index in [1.165, 1.54) is 4.90 Å². The zero-order valence-corrected chi connectivity index (χ0v) is 15.7. The summed E-state index contributed by atoms with van der Waals surface area (Å²) < 4.78 is 5.43. The van der Waals surface area contributed by atoms with Gasteiger partial charge >= 0.3 is 6.03 Å². The molecule has 0 fully saturated rings. The van der Waals surface area contributed by atoms with Crippen LogP contribution in [0.2, 0.25) is 10.0 Å². The van der Waals surface area contributed by atoms with E-state index in [9.17, 15) is 4.79 Å². The first kappa shape index (κ1) is 17.8. The highest BCUT2D eigenvalue weighted by Gasteiger charge is 2.13. The minimum absolute atomic E-state index is 0.239. The summed E-state index contributed by atoms with van der Waals surface area (Å²) in [6.45, 7) is 0.631. The summed E-state index contributed by atoms with van der Waals surface area (Å²) in [7, 11) is 1.69. The maximum Gasteiger partial charge on any atom is 0.317 e. The van der Waals surface area contributed by atoms with Crippen molar-refractivity contribution >= 4 is 40.6 Å². The van der Waals surface area contributed by atoms with Gasteiger partial charge in [-0.05, 0) is 23.1 Å². The first-order valence-electron chi connectivity index (χ1n) is 7.44. The van der Waals surface area contributed by atoms with E-state index < -0.39 is 0 Å². The van der Waals surface area contributed by atoms with Crippen molar-refractivity contribution < 1.29 is 9.21 Å². The van der Waals surface area contributed by atoms with Crippen LogP contribution in [0.4, 0.5) is 4.79 Å². The van der Waals surface area contributed by atoms with Crippen molar-refractivity contribution in [2.75, 3.05) is 7.05 Å². The van der Waals surface area contributed by atoms with Crippen LogP contribution in [0.15, 0.2) is 46.4 Å². The van der Waals surface area contributed by atoms with Gasteiger partial charge in [0.1, 0.15) is 6.26 Å². The molecule has 0 bridgehead atoms. The molecule has 8 heteroatoms. The lowest BCUT2D eigenvalue weighted by molar-refractivity contribution is 0.206. The number of oxazole rings is 1. The Labute approximate surface area is 159 Å². The minimum atomic E-state index is -0.239. The third-order valence-electron chi connectivity index (χ3n) is 3.49. The molecule has 2 amide bonds. The van der Waals surface area contributed by atoms with Crippen LogP contribution in [0.25, 0.3) is 10.8 Å². The Morgan fingerprint density at radius 2 is 2.16 bits per heavy atom. The first-order valence-corrected chi connectivity index (χ1v) is 9.08. The highest BCUT2D eigenvalue weighted by atomic mass is 35.5. The van der Waals surface area contributed by atoms with Gasteiger partial charge in [0.05, 0.1) is 27.2 Å². The number of hydrogen-bond acceptors (Lipinski definition) is 4. The van der Waals surface area contributed by atoms with Crippen LogP contribution in [0.1, 0.15) is 11.3 Å². The number of carbonyl (C=O) groups excluding carboxylic acids is 1. The number of urea groups is 1. The van der Waals surface area contributed by atoms with Gasteiger partial charge < -0.3 is 14.6 Å². The monoisotopic (exact) mass is 395 g/mol. The maximum absolute atomic E-state index is 12.2. The molecule has 0 atom stereocenters. The fraction of sp³-hybridized carbons (Fsp3) is 0.176. The minimum Gasteiger partial charge on any atom is -0.443 e. The lowest BCUT2D eigenvalue weighted by Gasteiger charge is -2.18. The summed E-state index contributed by atoms with van der Waals surface area (Å²) in [6, 6.07) is 8.98. The van der Waals surface area contributed by atoms with Crippen LogP contribution in [-0.2, 0) is 13.1 Å². The number of hydrogen-bond donors (Lipinski definition) is 1. The Hall–Kier alpha value is -2.02. The molecule has 5 nitrogen and oxygen atoms in total. The predicted octanol–water partition coefficient (Wildman–Crippen LogP) is 5.05. The molecule has 0 aliphatic rings. The first-order chi connectivity index (χ1) is 12.0. The number of rotatable bonds is 5. The average molecular weight is 396 g/mol. The molecular weight excluding hydrogens is 381 g/mol. The molecule has 25 heavy (non-hydrogen) atoms. The summed E-state index contributed by atoms with van der Waals surface area (Å²) in [5.41, 5.74) is 1.44. The third-order valence-corrected chi connectivity index (χ3v) is 5.21. The van der Waals surface area contributed by atoms with Gasteiger partial charge in [0.25, 0.3) is 0 Å². The Morgan fingerprint density at radius 1 is 1.32 bits per heavy atom. The number of nitrogens with zero attached hydrogens (tertiary/aromatic N) is 2. The van der Waals surface area contributed by atoms with Gasteiger partial charge in [0, 0.05) is 13.6 Å². The SMILES string of the molecule is CN(Cc1cccc(Cl)c1Cl)C(=O)NCc1coc(-c2cccs2)n1. The van der Waals surface area contributed by atoms with Gasteiger partial charge in [-0.1, -0.05) is 41.4 Å². The molecule has 2 heterocycles. The average Bonchev–Trinajstić information content (AvgIpc) is 3.27. The molecule has 0 aliphatic carbocycles. The number of benzene rings is 1. The summed E-state index contributed by atoms with van der Waals surface area (Å²) in [5, 5.41) is 5.69. The standard InChI is InChI=1S/C17H15Cl2N3O2S/c1-22(9-11-4-2-5-13(18)15(11)19)17(23)20-8-12-10-24-16(21-12)14-6-3-7-25-14/h2-7,10H,8-9H2,1H3,(H,20,23). The second-order valence-electron chi connectivity index (χ2n) is 5.35. The van der Waals surface area contributed by atoms with E-state index in [0.29, 0.717) is 28.2 Å². The van der Waals surface area contributed by atoms with E-state index in [2.05, 4.69) is 10.3 Å². The van der Waals surface area contributed by atoms with Gasteiger partial charge in [-0.3, -0.25) is 0 Å². The van der Waals surface area contributed by atoms with Crippen LogP contribution in [-0.4, -0.2) is 23.0 Å². The second kappa shape index (κ2) is 7.91. The fourth-order valence-corrected chi connectivity index (χ4v) is 3.24. The lowest BCUT2D eigenvalue weighted by atomic mass is 10.2. The van der Waals surface area contributed by atoms with E-state index in [1.807, 2.05) is 23.6 Å². The zero-order chi connectivity index (χ0) is 17.8. The Kier molecular flexibility index (Phi) is 5.63. The molecule has 1 aromatic carbocycles. The van der Waals surface area contributed by atoms with Gasteiger partial charge in [0.2, 0.25) is 5.89 Å². The summed E-state index contributed by atoms with van der Waals surface area (Å²) in [4.78, 5) is 19.1. The van der Waals surface area contributed by atoms with E-state index in [0.717, 1.165) is 10.4 Å². The zero-order valence-electron chi connectivity index (χ0n) is 13.3. The molecule has 0 radical (unpaired) electrons. The molecule has 0 saturated heterocycles. The maximum atomic E-state index is 12.2. The summed E-state index contributed by atoms with van der Waals surface area (Å²) in [5.74, 6) is 0.554. The normalized spacial score (nSPS) is 10.7. The smallest absolute Gasteiger partial charge is 0.317 e. The van der Waals surface area contributed by atoms with Gasteiger partial charge in [-0.25, -0.2) is 9.78 Å². The number of thiophene rings is 1. The van der Waals surface area contributed by atoms with Crippen molar-refractivity contribution in [2.45, 2.75) is 13.1 Å². The molecule has 3 rings (SSSR count). The van der Waals surface area contributed by atoms with E-state index in [-0.39, 0.29) is 12.6 Å². The highest BCUT2D eigenvalue weighted by Crippen LogP contribution is 2.26. The number of halogens is 2. The molecule has 130 valence electrons. The van der Waals surface area contributed by atoms with E-state index >= 15 is 0 Å². The molecule has 0 saturated carbocycles. The van der Waals surface area contributed by atoms with Crippen LogP contribution in [0.5, 0.6) is 0 Å². The lowest BCUT2D eigenvalue weighted by Crippen LogP contribution is -2.36. The van der Waals surface area contributed by atoms with Crippen molar-refractivity contribution in [3.8, 4) is 10.8 Å². The molecule has 0 aliphatic heterocycles. The van der Waals surface area contributed by atoms with Crippen LogP contribution < -0.4 is 5.32 Å². The summed E-state index contributed by atoms with van der Waals surface area (Å²) in [6.07, 6.45) is 1.54. The highest BCUT2D eigenvalue weighted by molar-refractivity contribution is 7.13. The number of amides is 2. The van der Waals surface area contributed by atoms with Crippen molar-refractivity contribution in [2.24, 2.45) is 0 Å². The van der Waals surface area contributed by atoms with Crippen LogP contribution >= 0.6 is 34.5 Å². The van der Waals surface area contributed by atoms with E-state index in [4.69, 9.17) is 27.6 Å². The van der Waals surface area contributed by atoms with Crippen molar-refractivity contribution in [3.05, 3.63) is 63.3 Å². The second-order valence-corrected chi connectivity index (χ2v) is 7.08. The fourth-order valence-electron chi connectivity index (χ4n) is 2.20. The topological polar surface area (TPSA) is 58.4 Å². The summed E-state index contributed by atoms with van der Waals surface area (Å²) >= 11 is 13.7. The van der Waals surface area contributed by atoms with Gasteiger partial charge in [-0.2, -0.15) is 0 Å². The van der Waals surface area contributed by atoms with Gasteiger partial charge in [0.15, 0.2) is 0 Å². The molecule has 2 aromatic heterocycles. The number of carbonyl (C=O) groups is 1. The molecule has 1 N–H and O–H groups in total. The number of nitrogens with one attached hydrogen (secondary N) is 1.